The number of rotatable bonds is 7. The fourth-order valence-electron chi connectivity index (χ4n) is 1.66. The van der Waals surface area contributed by atoms with Crippen molar-refractivity contribution >= 4 is 17.8 Å². The van der Waals surface area contributed by atoms with Gasteiger partial charge in [0.1, 0.15) is 18.8 Å². The number of carbonyl (C=O) groups is 3. The molecular formula is C14H15F3N2O6. The summed E-state index contributed by atoms with van der Waals surface area (Å²) in [7, 11) is 0. The molecule has 0 aromatic heterocycles. The number of halogens is 3. The van der Waals surface area contributed by atoms with Crippen LogP contribution >= 0.6 is 0 Å². The van der Waals surface area contributed by atoms with Crippen LogP contribution in [-0.4, -0.2) is 52.9 Å². The molecule has 3 atom stereocenters. The summed E-state index contributed by atoms with van der Waals surface area (Å²) in [5.74, 6) is -5.59. The molecule has 0 radical (unpaired) electrons. The van der Waals surface area contributed by atoms with Gasteiger partial charge in [-0.3, -0.25) is 9.59 Å². The van der Waals surface area contributed by atoms with Gasteiger partial charge >= 0.3 is 24.0 Å². The third kappa shape index (κ3) is 6.04. The smallest absolute Gasteiger partial charge is 0.471 e. The van der Waals surface area contributed by atoms with Gasteiger partial charge in [-0.2, -0.15) is 13.2 Å². The van der Waals surface area contributed by atoms with Crippen molar-refractivity contribution in [3.05, 3.63) is 35.9 Å². The second-order valence-corrected chi connectivity index (χ2v) is 4.87. The van der Waals surface area contributed by atoms with Gasteiger partial charge in [-0.1, -0.05) is 30.3 Å². The molecule has 1 rings (SSSR count). The summed E-state index contributed by atoms with van der Waals surface area (Å²) in [4.78, 5) is 33.3. The standard InChI is InChI=1S/C14H15F3N2O6/c15-14(16,17)13(24)19-8(11(21)22)6-25-12(23)9(18)10(20)7-4-2-1-3-5-7/h1-5,8-10,20H,6,18H2,(H,19,24)(H,21,22)/t8-,9?,10?/m0/s1. The molecule has 0 aliphatic carbocycles. The Morgan fingerprint density at radius 2 is 1.76 bits per heavy atom. The second-order valence-electron chi connectivity index (χ2n) is 4.87. The summed E-state index contributed by atoms with van der Waals surface area (Å²) in [6.45, 7) is -1.09. The highest BCUT2D eigenvalue weighted by molar-refractivity contribution is 5.87. The lowest BCUT2D eigenvalue weighted by Gasteiger charge is -2.20. The molecule has 0 saturated carbocycles. The van der Waals surface area contributed by atoms with Crippen LogP contribution < -0.4 is 11.1 Å². The molecule has 0 heterocycles. The van der Waals surface area contributed by atoms with Crippen LogP contribution in [0.4, 0.5) is 13.2 Å². The van der Waals surface area contributed by atoms with Crippen molar-refractivity contribution in [2.45, 2.75) is 24.4 Å². The molecule has 1 aromatic rings. The van der Waals surface area contributed by atoms with Crippen LogP contribution in [0.5, 0.6) is 0 Å². The number of hydrogen-bond donors (Lipinski definition) is 4. The van der Waals surface area contributed by atoms with E-state index in [9.17, 15) is 32.7 Å². The van der Waals surface area contributed by atoms with E-state index in [0.717, 1.165) is 0 Å². The molecule has 0 bridgehead atoms. The fourth-order valence-corrected chi connectivity index (χ4v) is 1.66. The van der Waals surface area contributed by atoms with E-state index in [1.54, 1.807) is 18.2 Å². The minimum Gasteiger partial charge on any atom is -0.480 e. The van der Waals surface area contributed by atoms with Gasteiger partial charge in [0.15, 0.2) is 6.04 Å². The van der Waals surface area contributed by atoms with Gasteiger partial charge in [-0.25, -0.2) is 4.79 Å². The van der Waals surface area contributed by atoms with Gasteiger partial charge in [-0.15, -0.1) is 0 Å². The number of esters is 1. The van der Waals surface area contributed by atoms with Crippen molar-refractivity contribution in [1.29, 1.82) is 0 Å². The molecule has 11 heteroatoms. The molecule has 138 valence electrons. The normalized spacial score (nSPS) is 14.9. The maximum absolute atomic E-state index is 12.1. The second kappa shape index (κ2) is 8.44. The van der Waals surface area contributed by atoms with E-state index >= 15 is 0 Å². The molecule has 2 unspecified atom stereocenters. The van der Waals surface area contributed by atoms with Crippen LogP contribution in [0.3, 0.4) is 0 Å². The predicted octanol–water partition coefficient (Wildman–Crippen LogP) is -0.278. The Balaban J connectivity index is 2.65. The highest BCUT2D eigenvalue weighted by Gasteiger charge is 2.41. The van der Waals surface area contributed by atoms with E-state index in [4.69, 9.17) is 10.8 Å². The summed E-state index contributed by atoms with van der Waals surface area (Å²) in [6, 6.07) is 4.02. The molecule has 1 aromatic carbocycles. The zero-order valence-corrected chi connectivity index (χ0v) is 12.6. The number of carbonyl (C=O) groups excluding carboxylic acids is 2. The average Bonchev–Trinajstić information content (AvgIpc) is 2.56. The summed E-state index contributed by atoms with van der Waals surface area (Å²) >= 11 is 0. The number of alkyl halides is 3. The first-order chi connectivity index (χ1) is 11.5. The Bertz CT molecular complexity index is 623. The van der Waals surface area contributed by atoms with Crippen molar-refractivity contribution in [1.82, 2.24) is 5.32 Å². The third-order valence-electron chi connectivity index (χ3n) is 3.01. The maximum Gasteiger partial charge on any atom is 0.471 e. The first-order valence-corrected chi connectivity index (χ1v) is 6.79. The lowest BCUT2D eigenvalue weighted by Crippen LogP contribution is -2.50. The lowest BCUT2D eigenvalue weighted by atomic mass is 10.0. The highest BCUT2D eigenvalue weighted by atomic mass is 19.4. The summed E-state index contributed by atoms with van der Waals surface area (Å²) in [6.07, 6.45) is -6.76. The first kappa shape index (κ1) is 20.4. The van der Waals surface area contributed by atoms with Gasteiger partial charge in [0, 0.05) is 0 Å². The van der Waals surface area contributed by atoms with Crippen molar-refractivity contribution in [2.24, 2.45) is 5.73 Å². The minimum atomic E-state index is -5.29. The van der Waals surface area contributed by atoms with Crippen LogP contribution in [0.25, 0.3) is 0 Å². The number of aliphatic hydroxyl groups is 1. The van der Waals surface area contributed by atoms with E-state index in [-0.39, 0.29) is 5.56 Å². The molecule has 1 amide bonds. The summed E-state index contributed by atoms with van der Waals surface area (Å²) < 4.78 is 40.9. The van der Waals surface area contributed by atoms with E-state index in [1.165, 1.54) is 17.4 Å². The fraction of sp³-hybridized carbons (Fsp3) is 0.357. The third-order valence-corrected chi connectivity index (χ3v) is 3.01. The van der Waals surface area contributed by atoms with Crippen LogP contribution in [0.1, 0.15) is 11.7 Å². The molecule has 8 nitrogen and oxygen atoms in total. The summed E-state index contributed by atoms with van der Waals surface area (Å²) in [5.41, 5.74) is 5.77. The Hall–Kier alpha value is -2.66. The number of amides is 1. The Morgan fingerprint density at radius 3 is 2.24 bits per heavy atom. The number of ether oxygens (including phenoxy) is 1. The van der Waals surface area contributed by atoms with Gasteiger partial charge in [-0.05, 0) is 5.56 Å². The van der Waals surface area contributed by atoms with Crippen LogP contribution in [-0.2, 0) is 19.1 Å². The molecule has 25 heavy (non-hydrogen) atoms. The topological polar surface area (TPSA) is 139 Å². The Kier molecular flexibility index (Phi) is 6.88. The number of carboxylic acids is 1. The quantitative estimate of drug-likeness (QED) is 0.488. The SMILES string of the molecule is NC(C(=O)OC[C@H](NC(=O)C(F)(F)F)C(=O)O)C(O)c1ccccc1. The molecule has 0 fully saturated rings. The van der Waals surface area contributed by atoms with Gasteiger partial charge in [0.2, 0.25) is 0 Å². The van der Waals surface area contributed by atoms with E-state index in [0.29, 0.717) is 0 Å². The average molecular weight is 364 g/mol. The van der Waals surface area contributed by atoms with Crippen molar-refractivity contribution in [2.75, 3.05) is 6.61 Å². The predicted molar refractivity (Wildman–Crippen MR) is 76.0 cm³/mol. The van der Waals surface area contributed by atoms with Gasteiger partial charge in [0.25, 0.3) is 0 Å². The monoisotopic (exact) mass is 364 g/mol. The zero-order valence-electron chi connectivity index (χ0n) is 12.6. The van der Waals surface area contributed by atoms with Crippen LogP contribution in [0, 0.1) is 0 Å². The number of nitrogens with two attached hydrogens (primary N) is 1. The number of benzene rings is 1. The van der Waals surface area contributed by atoms with E-state index in [2.05, 4.69) is 4.74 Å². The maximum atomic E-state index is 12.1. The van der Waals surface area contributed by atoms with Crippen molar-refractivity contribution in [3.8, 4) is 0 Å². The van der Waals surface area contributed by atoms with E-state index < -0.39 is 48.8 Å². The van der Waals surface area contributed by atoms with Gasteiger partial charge < -0.3 is 26.0 Å². The molecule has 0 aliphatic rings. The molecule has 0 aliphatic heterocycles. The van der Waals surface area contributed by atoms with Crippen LogP contribution in [0.2, 0.25) is 0 Å². The molecule has 0 spiro atoms. The first-order valence-electron chi connectivity index (χ1n) is 6.79. The number of hydrogen-bond acceptors (Lipinski definition) is 6. The number of carboxylic acid groups (broad SMARTS) is 1. The lowest BCUT2D eigenvalue weighted by molar-refractivity contribution is -0.176. The number of aliphatic carboxylic acids is 1. The minimum absolute atomic E-state index is 0.284. The van der Waals surface area contributed by atoms with Crippen molar-refractivity contribution in [3.63, 3.8) is 0 Å². The van der Waals surface area contributed by atoms with Crippen molar-refractivity contribution < 1.29 is 42.5 Å². The molecule has 0 saturated heterocycles. The summed E-state index contributed by atoms with van der Waals surface area (Å²) in [5, 5.41) is 19.9. The molecule has 5 N–H and O–H groups in total. The molecular weight excluding hydrogens is 349 g/mol. The van der Waals surface area contributed by atoms with Crippen LogP contribution in [0.15, 0.2) is 30.3 Å². The van der Waals surface area contributed by atoms with E-state index in [1.807, 2.05) is 0 Å². The Morgan fingerprint density at radius 1 is 1.20 bits per heavy atom. The highest BCUT2D eigenvalue weighted by Crippen LogP contribution is 2.16. The zero-order chi connectivity index (χ0) is 19.2. The largest absolute Gasteiger partial charge is 0.480 e. The number of nitrogens with one attached hydrogen (secondary N) is 1. The Labute approximate surface area is 139 Å². The van der Waals surface area contributed by atoms with Gasteiger partial charge in [0.05, 0.1) is 0 Å². The number of aliphatic hydroxyl groups excluding tert-OH is 1.